The summed E-state index contributed by atoms with van der Waals surface area (Å²) in [5.74, 6) is 1.93. The summed E-state index contributed by atoms with van der Waals surface area (Å²) in [6.07, 6.45) is 1.71. The van der Waals surface area contributed by atoms with Crippen molar-refractivity contribution >= 4 is 27.8 Å². The number of hydrogen-bond donors (Lipinski definition) is 0. The van der Waals surface area contributed by atoms with Crippen LogP contribution in [0.1, 0.15) is 32.6 Å². The first-order valence-corrected chi connectivity index (χ1v) is 10.7. The Morgan fingerprint density at radius 2 is 2.00 bits per heavy atom. The monoisotopic (exact) mass is 478 g/mol. The SMILES string of the molecule is Cc1ccccc1COc1ccc2c(c1)O/C(=C\c1cc(Br)cc3c1OCOC3)C2=O. The van der Waals surface area contributed by atoms with Gasteiger partial charge in [-0.15, -0.1) is 0 Å². The molecule has 6 heteroatoms. The quantitative estimate of drug-likeness (QED) is 0.442. The van der Waals surface area contributed by atoms with Crippen LogP contribution in [0.4, 0.5) is 0 Å². The highest BCUT2D eigenvalue weighted by atomic mass is 79.9. The molecule has 3 aromatic carbocycles. The molecule has 2 aliphatic heterocycles. The molecule has 0 N–H and O–H groups in total. The van der Waals surface area contributed by atoms with Gasteiger partial charge in [0, 0.05) is 21.7 Å². The number of allylic oxidation sites excluding steroid dienone is 1. The highest BCUT2D eigenvalue weighted by molar-refractivity contribution is 9.10. The molecule has 0 aromatic heterocycles. The van der Waals surface area contributed by atoms with E-state index in [2.05, 4.69) is 28.9 Å². The summed E-state index contributed by atoms with van der Waals surface area (Å²) in [6, 6.07) is 17.2. The maximum Gasteiger partial charge on any atom is 0.231 e. The third-order valence-corrected chi connectivity index (χ3v) is 5.74. The van der Waals surface area contributed by atoms with Crippen LogP contribution in [0.2, 0.25) is 0 Å². The zero-order valence-corrected chi connectivity index (χ0v) is 18.4. The lowest BCUT2D eigenvalue weighted by molar-refractivity contribution is -0.0165. The van der Waals surface area contributed by atoms with Gasteiger partial charge in [-0.1, -0.05) is 40.2 Å². The molecule has 0 aliphatic carbocycles. The van der Waals surface area contributed by atoms with Crippen LogP contribution in [0.15, 0.2) is 64.8 Å². The van der Waals surface area contributed by atoms with Gasteiger partial charge in [-0.05, 0) is 48.4 Å². The van der Waals surface area contributed by atoms with Crippen LogP contribution in [-0.2, 0) is 18.0 Å². The molecule has 0 unspecified atom stereocenters. The topological polar surface area (TPSA) is 54.0 Å². The Morgan fingerprint density at radius 3 is 2.87 bits per heavy atom. The number of aryl methyl sites for hydroxylation is 1. The van der Waals surface area contributed by atoms with E-state index in [1.54, 1.807) is 24.3 Å². The first-order chi connectivity index (χ1) is 15.1. The lowest BCUT2D eigenvalue weighted by Crippen LogP contribution is -2.12. The number of ketones is 1. The van der Waals surface area contributed by atoms with E-state index in [9.17, 15) is 4.79 Å². The van der Waals surface area contributed by atoms with Crippen LogP contribution in [-0.4, -0.2) is 12.6 Å². The van der Waals surface area contributed by atoms with Crippen molar-refractivity contribution in [3.63, 3.8) is 0 Å². The molecule has 0 fully saturated rings. The summed E-state index contributed by atoms with van der Waals surface area (Å²) in [7, 11) is 0. The van der Waals surface area contributed by atoms with E-state index in [0.717, 1.165) is 21.2 Å². The van der Waals surface area contributed by atoms with Gasteiger partial charge in [0.1, 0.15) is 23.9 Å². The fraction of sp³-hybridized carbons (Fsp3) is 0.160. The molecule has 0 atom stereocenters. The van der Waals surface area contributed by atoms with Crippen molar-refractivity contribution in [3.8, 4) is 17.2 Å². The van der Waals surface area contributed by atoms with Crippen LogP contribution >= 0.6 is 15.9 Å². The minimum atomic E-state index is -0.166. The molecule has 0 amide bonds. The van der Waals surface area contributed by atoms with Gasteiger partial charge >= 0.3 is 0 Å². The van der Waals surface area contributed by atoms with Crippen molar-refractivity contribution in [2.45, 2.75) is 20.1 Å². The van der Waals surface area contributed by atoms with E-state index < -0.39 is 0 Å². The summed E-state index contributed by atoms with van der Waals surface area (Å²) in [5, 5.41) is 0. The summed E-state index contributed by atoms with van der Waals surface area (Å²) in [5.41, 5.74) is 4.49. The number of hydrogen-bond acceptors (Lipinski definition) is 5. The van der Waals surface area contributed by atoms with E-state index in [4.69, 9.17) is 18.9 Å². The van der Waals surface area contributed by atoms with Crippen molar-refractivity contribution in [1.29, 1.82) is 0 Å². The van der Waals surface area contributed by atoms with Crippen LogP contribution < -0.4 is 14.2 Å². The van der Waals surface area contributed by atoms with Gasteiger partial charge in [-0.3, -0.25) is 4.79 Å². The second-order valence-electron chi connectivity index (χ2n) is 7.41. The predicted octanol–water partition coefficient (Wildman–Crippen LogP) is 5.82. The average molecular weight is 479 g/mol. The Hall–Kier alpha value is -3.09. The van der Waals surface area contributed by atoms with Crippen molar-refractivity contribution in [2.75, 3.05) is 6.79 Å². The predicted molar refractivity (Wildman–Crippen MR) is 119 cm³/mol. The summed E-state index contributed by atoms with van der Waals surface area (Å²) < 4.78 is 23.7. The zero-order valence-electron chi connectivity index (χ0n) is 16.8. The molecule has 0 spiro atoms. The first-order valence-electron chi connectivity index (χ1n) is 9.87. The summed E-state index contributed by atoms with van der Waals surface area (Å²) >= 11 is 3.50. The zero-order chi connectivity index (χ0) is 21.4. The molecule has 31 heavy (non-hydrogen) atoms. The van der Waals surface area contributed by atoms with E-state index in [0.29, 0.717) is 36.0 Å². The number of carbonyl (C=O) groups is 1. The number of fused-ring (bicyclic) bond motifs is 2. The Labute approximate surface area is 188 Å². The Bertz CT molecular complexity index is 1210. The molecular weight excluding hydrogens is 460 g/mol. The summed E-state index contributed by atoms with van der Waals surface area (Å²) in [4.78, 5) is 12.9. The highest BCUT2D eigenvalue weighted by Gasteiger charge is 2.28. The van der Waals surface area contributed by atoms with Gasteiger partial charge < -0.3 is 18.9 Å². The third kappa shape index (κ3) is 3.96. The second-order valence-corrected chi connectivity index (χ2v) is 8.32. The second kappa shape index (κ2) is 8.21. The number of carbonyl (C=O) groups excluding carboxylic acids is 1. The van der Waals surface area contributed by atoms with Crippen molar-refractivity contribution in [3.05, 3.63) is 92.6 Å². The Kier molecular flexibility index (Phi) is 5.26. The molecule has 0 saturated heterocycles. The molecule has 0 radical (unpaired) electrons. The number of Topliss-reactive ketones (excluding diaryl/α,β-unsaturated/α-hetero) is 1. The molecule has 2 heterocycles. The normalized spacial score (nSPS) is 15.8. The molecule has 0 saturated carbocycles. The molecule has 2 aliphatic rings. The van der Waals surface area contributed by atoms with Gasteiger partial charge in [-0.25, -0.2) is 0 Å². The van der Waals surface area contributed by atoms with E-state index in [1.807, 2.05) is 30.3 Å². The minimum absolute atomic E-state index is 0.166. The maximum absolute atomic E-state index is 12.9. The Balaban J connectivity index is 1.39. The fourth-order valence-electron chi connectivity index (χ4n) is 3.65. The standard InChI is InChI=1S/C25H19BrO5/c1-15-4-2-3-5-16(15)13-29-20-6-7-21-22(11-20)31-23(24(21)27)10-17-8-19(26)9-18-12-28-14-30-25(17)18/h2-11H,12-14H2,1H3/b23-10-. The van der Waals surface area contributed by atoms with Crippen LogP contribution in [0.25, 0.3) is 6.08 Å². The van der Waals surface area contributed by atoms with Crippen LogP contribution in [0.5, 0.6) is 17.2 Å². The first kappa shape index (κ1) is 19.8. The lowest BCUT2D eigenvalue weighted by atomic mass is 10.1. The van der Waals surface area contributed by atoms with Gasteiger partial charge in [0.2, 0.25) is 5.78 Å². The van der Waals surface area contributed by atoms with Gasteiger partial charge in [0.25, 0.3) is 0 Å². The smallest absolute Gasteiger partial charge is 0.231 e. The molecule has 5 nitrogen and oxygen atoms in total. The maximum atomic E-state index is 12.9. The lowest BCUT2D eigenvalue weighted by Gasteiger charge is -2.20. The largest absolute Gasteiger partial charge is 0.489 e. The van der Waals surface area contributed by atoms with Crippen LogP contribution in [0.3, 0.4) is 0 Å². The third-order valence-electron chi connectivity index (χ3n) is 5.29. The van der Waals surface area contributed by atoms with E-state index in [1.165, 1.54) is 5.56 Å². The Morgan fingerprint density at radius 1 is 1.13 bits per heavy atom. The van der Waals surface area contributed by atoms with Crippen molar-refractivity contribution in [2.24, 2.45) is 0 Å². The van der Waals surface area contributed by atoms with Crippen molar-refractivity contribution < 1.29 is 23.7 Å². The molecule has 0 bridgehead atoms. The van der Waals surface area contributed by atoms with Gasteiger partial charge in [0.15, 0.2) is 12.6 Å². The molecular formula is C25H19BrO5. The minimum Gasteiger partial charge on any atom is -0.489 e. The van der Waals surface area contributed by atoms with Crippen LogP contribution in [0, 0.1) is 6.92 Å². The van der Waals surface area contributed by atoms with Gasteiger partial charge in [0.05, 0.1) is 12.2 Å². The fourth-order valence-corrected chi connectivity index (χ4v) is 4.17. The molecule has 156 valence electrons. The number of benzene rings is 3. The molecule has 5 rings (SSSR count). The van der Waals surface area contributed by atoms with Crippen molar-refractivity contribution in [1.82, 2.24) is 0 Å². The summed E-state index contributed by atoms with van der Waals surface area (Å²) in [6.45, 7) is 3.14. The van der Waals surface area contributed by atoms with E-state index in [-0.39, 0.29) is 18.3 Å². The molecule has 3 aromatic rings. The highest BCUT2D eigenvalue weighted by Crippen LogP contribution is 2.38. The number of halogens is 1. The average Bonchev–Trinajstić information content (AvgIpc) is 3.07. The number of ether oxygens (including phenoxy) is 4. The van der Waals surface area contributed by atoms with E-state index >= 15 is 0 Å². The number of rotatable bonds is 4. The van der Waals surface area contributed by atoms with Gasteiger partial charge in [-0.2, -0.15) is 0 Å².